The molecule has 7 aromatic rings. The van der Waals surface area contributed by atoms with E-state index in [1.165, 1.54) is 95.1 Å². The maximum absolute atomic E-state index is 2.61. The second-order valence-corrected chi connectivity index (χ2v) is 13.9. The van der Waals surface area contributed by atoms with Crippen LogP contribution in [0.5, 0.6) is 0 Å². The van der Waals surface area contributed by atoms with Gasteiger partial charge in [0.25, 0.3) is 6.71 Å². The van der Waals surface area contributed by atoms with Gasteiger partial charge in [-0.1, -0.05) is 97.1 Å². The quantitative estimate of drug-likeness (QED) is 0.184. The summed E-state index contributed by atoms with van der Waals surface area (Å²) in [7, 11) is 0. The first-order chi connectivity index (χ1) is 24.2. The molecule has 0 N–H and O–H groups in total. The number of hydrogen-bond donors (Lipinski definition) is 0. The van der Waals surface area contributed by atoms with E-state index in [1.54, 1.807) is 0 Å². The third kappa shape index (κ3) is 3.54. The van der Waals surface area contributed by atoms with Crippen molar-refractivity contribution in [2.45, 2.75) is 13.8 Å². The van der Waals surface area contributed by atoms with Crippen molar-refractivity contribution in [2.24, 2.45) is 0 Å². The first kappa shape index (κ1) is 27.1. The number of rotatable bonds is 2. The fourth-order valence-electron chi connectivity index (χ4n) is 9.19. The Morgan fingerprint density at radius 2 is 1.00 bits per heavy atom. The zero-order chi connectivity index (χ0) is 32.4. The Bertz CT molecular complexity index is 2500. The number of aryl methyl sites for hydroxylation is 2. The fourth-order valence-corrected chi connectivity index (χ4v) is 9.19. The number of nitrogens with zero attached hydrogens (tertiary/aromatic N) is 3. The Morgan fingerprint density at radius 3 is 1.71 bits per heavy atom. The minimum absolute atomic E-state index is 0.0108. The molecule has 7 aromatic carbocycles. The number of benzene rings is 7. The molecule has 0 unspecified atom stereocenters. The zero-order valence-corrected chi connectivity index (χ0v) is 27.4. The van der Waals surface area contributed by atoms with Gasteiger partial charge in [-0.25, -0.2) is 0 Å². The standard InChI is InChI=1S/C44H31B2N3/c1-28-21-23-34-39(25-28)47(30-13-5-3-6-14-30)41-27-33-32-17-9-11-19-37(32)49(31-15-7-4-8-16-31)46-36-18-10-12-20-38(36)48-40-26-29(2)22-24-35(40)45(34)43(41)44(48)42(33)46/h3-27H,1-2H3. The average molecular weight is 623 g/mol. The topological polar surface area (TPSA) is 9.72 Å². The van der Waals surface area contributed by atoms with Crippen LogP contribution in [-0.2, 0) is 0 Å². The molecule has 0 atom stereocenters. The molecule has 4 aliphatic heterocycles. The normalized spacial score (nSPS) is 14.1. The Labute approximate surface area is 287 Å². The van der Waals surface area contributed by atoms with Gasteiger partial charge in [-0.3, -0.25) is 0 Å². The first-order valence-electron chi connectivity index (χ1n) is 17.3. The van der Waals surface area contributed by atoms with Crippen LogP contribution in [0.25, 0.3) is 11.1 Å². The van der Waals surface area contributed by atoms with Gasteiger partial charge in [-0.2, -0.15) is 0 Å². The highest BCUT2D eigenvalue weighted by Crippen LogP contribution is 2.50. The van der Waals surface area contributed by atoms with Crippen LogP contribution in [0.2, 0.25) is 0 Å². The van der Waals surface area contributed by atoms with Crippen molar-refractivity contribution in [1.82, 2.24) is 0 Å². The Hall–Kier alpha value is -5.93. The summed E-state index contributed by atoms with van der Waals surface area (Å²) in [5, 5.41) is 0. The second kappa shape index (κ2) is 9.81. The van der Waals surface area contributed by atoms with Gasteiger partial charge in [0.05, 0.1) is 0 Å². The molecule has 0 bridgehead atoms. The first-order valence-corrected chi connectivity index (χ1v) is 17.3. The molecular weight excluding hydrogens is 592 g/mol. The van der Waals surface area contributed by atoms with Crippen LogP contribution in [0.3, 0.4) is 0 Å². The summed E-state index contributed by atoms with van der Waals surface area (Å²) in [4.78, 5) is 7.73. The molecule has 49 heavy (non-hydrogen) atoms. The fraction of sp³-hybridized carbons (Fsp3) is 0.0455. The maximum Gasteiger partial charge on any atom is 0.333 e. The Kier molecular flexibility index (Phi) is 5.42. The minimum atomic E-state index is 0.0108. The Morgan fingerprint density at radius 1 is 0.408 bits per heavy atom. The molecule has 0 saturated carbocycles. The lowest BCUT2D eigenvalue weighted by Crippen LogP contribution is -2.68. The number of hydrogen-bond acceptors (Lipinski definition) is 3. The minimum Gasteiger partial charge on any atom is -0.376 e. The van der Waals surface area contributed by atoms with Crippen molar-refractivity contribution in [1.29, 1.82) is 0 Å². The molecule has 4 heterocycles. The Balaban J connectivity index is 1.34. The van der Waals surface area contributed by atoms with Crippen molar-refractivity contribution >= 4 is 86.4 Å². The summed E-state index contributed by atoms with van der Waals surface area (Å²) in [5.74, 6) is 0. The van der Waals surface area contributed by atoms with Crippen LogP contribution in [0.15, 0.2) is 152 Å². The number of fused-ring (bicyclic) bond motifs is 10. The third-order valence-electron chi connectivity index (χ3n) is 11.1. The molecule has 0 saturated heterocycles. The predicted molar refractivity (Wildman–Crippen MR) is 209 cm³/mol. The summed E-state index contributed by atoms with van der Waals surface area (Å²) in [6.45, 7) is 4.55. The molecule has 0 fully saturated rings. The van der Waals surface area contributed by atoms with Gasteiger partial charge < -0.3 is 14.6 Å². The summed E-state index contributed by atoms with van der Waals surface area (Å²) >= 11 is 0. The van der Waals surface area contributed by atoms with Gasteiger partial charge in [0, 0.05) is 51.1 Å². The van der Waals surface area contributed by atoms with E-state index in [0.29, 0.717) is 0 Å². The zero-order valence-electron chi connectivity index (χ0n) is 27.4. The van der Waals surface area contributed by atoms with Crippen LogP contribution in [0.4, 0.5) is 45.5 Å². The molecule has 0 aliphatic carbocycles. The lowest BCUT2D eigenvalue weighted by atomic mass is 9.31. The van der Waals surface area contributed by atoms with Gasteiger partial charge in [0.2, 0.25) is 0 Å². The van der Waals surface area contributed by atoms with Crippen LogP contribution in [0, 0.1) is 13.8 Å². The van der Waals surface area contributed by atoms with E-state index >= 15 is 0 Å². The summed E-state index contributed by atoms with van der Waals surface area (Å²) < 4.78 is 0. The SMILES string of the molecule is Cc1ccc2c(c1)N(c1ccccc1)c1cc3c4c5c1B2c1ccc(C)cc1N5c1ccccc1B4N(c1ccccc1)c1ccccc1-3. The molecular formula is C44H31B2N3. The highest BCUT2D eigenvalue weighted by atomic mass is 15.2. The molecule has 11 rings (SSSR count). The van der Waals surface area contributed by atoms with E-state index in [1.807, 2.05) is 0 Å². The van der Waals surface area contributed by atoms with Crippen LogP contribution in [0.1, 0.15) is 11.1 Å². The van der Waals surface area contributed by atoms with Gasteiger partial charge in [0.15, 0.2) is 0 Å². The largest absolute Gasteiger partial charge is 0.376 e. The number of para-hydroxylation sites is 4. The van der Waals surface area contributed by atoms with Crippen LogP contribution >= 0.6 is 0 Å². The highest BCUT2D eigenvalue weighted by molar-refractivity contribution is 7.02. The van der Waals surface area contributed by atoms with E-state index in [9.17, 15) is 0 Å². The molecule has 0 aromatic heterocycles. The molecule has 0 amide bonds. The summed E-state index contributed by atoms with van der Waals surface area (Å²) in [5.41, 5.74) is 22.0. The monoisotopic (exact) mass is 623 g/mol. The maximum atomic E-state index is 2.61. The highest BCUT2D eigenvalue weighted by Gasteiger charge is 2.52. The molecule has 4 aliphatic rings. The van der Waals surface area contributed by atoms with E-state index in [0.717, 1.165) is 0 Å². The van der Waals surface area contributed by atoms with Crippen molar-refractivity contribution in [3.63, 3.8) is 0 Å². The molecule has 0 radical (unpaired) electrons. The van der Waals surface area contributed by atoms with E-state index in [-0.39, 0.29) is 13.6 Å². The van der Waals surface area contributed by atoms with Gasteiger partial charge in [-0.15, -0.1) is 0 Å². The molecule has 0 spiro atoms. The van der Waals surface area contributed by atoms with Crippen molar-refractivity contribution in [3.8, 4) is 11.1 Å². The van der Waals surface area contributed by atoms with Gasteiger partial charge in [-0.05, 0) is 112 Å². The molecule has 228 valence electrons. The van der Waals surface area contributed by atoms with E-state index in [4.69, 9.17) is 0 Å². The molecule has 3 nitrogen and oxygen atoms in total. The van der Waals surface area contributed by atoms with Crippen LogP contribution < -0.4 is 41.9 Å². The third-order valence-corrected chi connectivity index (χ3v) is 11.1. The second-order valence-electron chi connectivity index (χ2n) is 13.9. The predicted octanol–water partition coefficient (Wildman–Crippen LogP) is 7.62. The average Bonchev–Trinajstić information content (AvgIpc) is 3.15. The lowest BCUT2D eigenvalue weighted by Gasteiger charge is -2.51. The van der Waals surface area contributed by atoms with E-state index < -0.39 is 0 Å². The molecule has 5 heteroatoms. The van der Waals surface area contributed by atoms with Gasteiger partial charge >= 0.3 is 6.85 Å². The van der Waals surface area contributed by atoms with Gasteiger partial charge in [0.1, 0.15) is 0 Å². The van der Waals surface area contributed by atoms with Crippen molar-refractivity contribution < 1.29 is 0 Å². The summed E-state index contributed by atoms with van der Waals surface area (Å²) in [6, 6.07) is 56.7. The van der Waals surface area contributed by atoms with Crippen LogP contribution in [-0.4, -0.2) is 13.6 Å². The van der Waals surface area contributed by atoms with Crippen molar-refractivity contribution in [2.75, 3.05) is 14.6 Å². The summed E-state index contributed by atoms with van der Waals surface area (Å²) in [6.07, 6.45) is 0. The van der Waals surface area contributed by atoms with Crippen molar-refractivity contribution in [3.05, 3.63) is 163 Å². The number of anilines is 8. The smallest absolute Gasteiger partial charge is 0.333 e. The lowest BCUT2D eigenvalue weighted by molar-refractivity contribution is 1.24. The van der Waals surface area contributed by atoms with E-state index in [2.05, 4.69) is 180 Å².